The highest BCUT2D eigenvalue weighted by molar-refractivity contribution is 6.00. The van der Waals surface area contributed by atoms with E-state index in [1.807, 2.05) is 48.7 Å². The summed E-state index contributed by atoms with van der Waals surface area (Å²) in [6.45, 7) is 1.29. The smallest absolute Gasteiger partial charge is 0.336 e. The Balaban J connectivity index is 1.14. The Kier molecular flexibility index (Phi) is 6.03. The standard InChI is InChI=1S/C26H21N3O5/c30-16-23-22-5-2-1-4-18(22)7-10-24(23)33-17-20-15-29(28-27-20)12-3-13-32-21-9-6-19-8-11-26(31)34-25(19)14-21/h1-2,4-11,14-16H,3,12-13,17H2. The molecule has 0 N–H and O–H groups in total. The maximum atomic E-state index is 11.6. The van der Waals surface area contributed by atoms with E-state index in [0.29, 0.717) is 47.9 Å². The van der Waals surface area contributed by atoms with Gasteiger partial charge in [-0.3, -0.25) is 9.48 Å². The molecule has 0 bridgehead atoms. The molecular formula is C26H21N3O5. The predicted octanol–water partition coefficient (Wildman–Crippen LogP) is 4.40. The number of nitrogens with zero attached hydrogens (tertiary/aromatic N) is 3. The third-order valence-electron chi connectivity index (χ3n) is 5.41. The Morgan fingerprint density at radius 1 is 0.971 bits per heavy atom. The Bertz CT molecular complexity index is 1520. The fraction of sp³-hybridized carbons (Fsp3) is 0.154. The summed E-state index contributed by atoms with van der Waals surface area (Å²) in [5.74, 6) is 1.15. The molecule has 0 aliphatic rings. The van der Waals surface area contributed by atoms with Gasteiger partial charge in [0.2, 0.25) is 0 Å². The van der Waals surface area contributed by atoms with Gasteiger partial charge in [-0.2, -0.15) is 0 Å². The zero-order chi connectivity index (χ0) is 23.3. The van der Waals surface area contributed by atoms with E-state index >= 15 is 0 Å². The summed E-state index contributed by atoms with van der Waals surface area (Å²) in [6.07, 6.45) is 3.34. The lowest BCUT2D eigenvalue weighted by Crippen LogP contribution is -2.05. The zero-order valence-corrected chi connectivity index (χ0v) is 18.2. The topological polar surface area (TPSA) is 96.5 Å². The number of hydrogen-bond donors (Lipinski definition) is 0. The molecule has 34 heavy (non-hydrogen) atoms. The summed E-state index contributed by atoms with van der Waals surface area (Å²) in [5.41, 5.74) is 1.29. The van der Waals surface area contributed by atoms with Crippen LogP contribution in [0.15, 0.2) is 82.1 Å². The fourth-order valence-electron chi connectivity index (χ4n) is 3.74. The van der Waals surface area contributed by atoms with E-state index in [-0.39, 0.29) is 6.61 Å². The lowest BCUT2D eigenvalue weighted by Gasteiger charge is -2.09. The average Bonchev–Trinajstić information content (AvgIpc) is 3.32. The van der Waals surface area contributed by atoms with Crippen molar-refractivity contribution in [1.29, 1.82) is 0 Å². The lowest BCUT2D eigenvalue weighted by molar-refractivity contribution is 0.112. The molecule has 0 unspecified atom stereocenters. The molecule has 0 atom stereocenters. The maximum absolute atomic E-state index is 11.6. The van der Waals surface area contributed by atoms with Crippen LogP contribution < -0.4 is 15.1 Å². The molecule has 0 spiro atoms. The van der Waals surface area contributed by atoms with Gasteiger partial charge in [0, 0.05) is 30.5 Å². The summed E-state index contributed by atoms with van der Waals surface area (Å²) in [6, 6.07) is 19.9. The van der Waals surface area contributed by atoms with Gasteiger partial charge < -0.3 is 13.9 Å². The van der Waals surface area contributed by atoms with Gasteiger partial charge in [0.1, 0.15) is 29.4 Å². The number of aldehydes is 1. The van der Waals surface area contributed by atoms with Crippen molar-refractivity contribution in [1.82, 2.24) is 15.0 Å². The van der Waals surface area contributed by atoms with E-state index in [1.54, 1.807) is 22.9 Å². The minimum Gasteiger partial charge on any atom is -0.493 e. The van der Waals surface area contributed by atoms with Gasteiger partial charge >= 0.3 is 5.63 Å². The molecule has 170 valence electrons. The Morgan fingerprint density at radius 2 is 1.82 bits per heavy atom. The molecule has 0 amide bonds. The molecule has 5 aromatic rings. The SMILES string of the molecule is O=Cc1c(OCc2cn(CCCOc3ccc4ccc(=O)oc4c3)nn2)ccc2ccccc12. The second-order valence-electron chi connectivity index (χ2n) is 7.73. The number of fused-ring (bicyclic) bond motifs is 2. The molecule has 2 heterocycles. The normalized spacial score (nSPS) is 11.1. The van der Waals surface area contributed by atoms with Crippen molar-refractivity contribution in [3.05, 3.63) is 94.6 Å². The molecule has 5 rings (SSSR count). The molecular weight excluding hydrogens is 434 g/mol. The van der Waals surface area contributed by atoms with Gasteiger partial charge in [0.05, 0.1) is 18.4 Å². The second-order valence-corrected chi connectivity index (χ2v) is 7.73. The number of aryl methyl sites for hydroxylation is 1. The van der Waals surface area contributed by atoms with Crippen molar-refractivity contribution in [3.8, 4) is 11.5 Å². The van der Waals surface area contributed by atoms with Crippen molar-refractivity contribution >= 4 is 28.0 Å². The minimum atomic E-state index is -0.390. The first kappa shape index (κ1) is 21.4. The van der Waals surface area contributed by atoms with E-state index < -0.39 is 5.63 Å². The van der Waals surface area contributed by atoms with Crippen molar-refractivity contribution in [3.63, 3.8) is 0 Å². The Morgan fingerprint density at radius 3 is 2.74 bits per heavy atom. The van der Waals surface area contributed by atoms with Crippen molar-refractivity contribution < 1.29 is 18.7 Å². The monoisotopic (exact) mass is 455 g/mol. The summed E-state index contributed by atoms with van der Waals surface area (Å²) in [7, 11) is 0. The minimum absolute atomic E-state index is 0.206. The van der Waals surface area contributed by atoms with Gasteiger partial charge in [-0.05, 0) is 35.0 Å². The van der Waals surface area contributed by atoms with Crippen LogP contribution in [0.3, 0.4) is 0 Å². The first-order valence-electron chi connectivity index (χ1n) is 10.8. The van der Waals surface area contributed by atoms with Crippen LogP contribution in [0.25, 0.3) is 21.7 Å². The first-order chi connectivity index (χ1) is 16.7. The molecule has 0 saturated carbocycles. The number of carbonyl (C=O) groups is 1. The Hall–Kier alpha value is -4.46. The molecule has 0 aliphatic carbocycles. The number of benzene rings is 3. The molecule has 2 aromatic heterocycles. The molecule has 0 radical (unpaired) electrons. The molecule has 0 aliphatic heterocycles. The van der Waals surface area contributed by atoms with Gasteiger partial charge in [-0.1, -0.05) is 35.5 Å². The van der Waals surface area contributed by atoms with Gasteiger partial charge in [0.25, 0.3) is 0 Å². The van der Waals surface area contributed by atoms with Crippen LogP contribution in [-0.4, -0.2) is 27.9 Å². The highest BCUT2D eigenvalue weighted by Gasteiger charge is 2.10. The van der Waals surface area contributed by atoms with Crippen LogP contribution in [0.2, 0.25) is 0 Å². The van der Waals surface area contributed by atoms with Gasteiger partial charge in [-0.15, -0.1) is 5.10 Å². The van der Waals surface area contributed by atoms with Crippen LogP contribution in [-0.2, 0) is 13.2 Å². The Labute approximate surface area is 194 Å². The second kappa shape index (κ2) is 9.58. The van der Waals surface area contributed by atoms with Crippen LogP contribution in [0.5, 0.6) is 11.5 Å². The molecule has 3 aromatic carbocycles. The summed E-state index contributed by atoms with van der Waals surface area (Å²) in [4.78, 5) is 23.0. The van der Waals surface area contributed by atoms with Gasteiger partial charge in [0.15, 0.2) is 6.29 Å². The van der Waals surface area contributed by atoms with E-state index in [0.717, 1.165) is 22.4 Å². The molecule has 8 heteroatoms. The van der Waals surface area contributed by atoms with E-state index in [1.165, 1.54) is 6.07 Å². The van der Waals surface area contributed by atoms with Crippen molar-refractivity contribution in [2.45, 2.75) is 19.6 Å². The molecule has 0 saturated heterocycles. The number of rotatable bonds is 9. The van der Waals surface area contributed by atoms with E-state index in [9.17, 15) is 9.59 Å². The maximum Gasteiger partial charge on any atom is 0.336 e. The number of carbonyl (C=O) groups excluding carboxylic acids is 1. The molecule has 8 nitrogen and oxygen atoms in total. The summed E-state index contributed by atoms with van der Waals surface area (Å²) in [5, 5.41) is 11.0. The fourth-order valence-corrected chi connectivity index (χ4v) is 3.74. The number of hydrogen-bond acceptors (Lipinski definition) is 7. The quantitative estimate of drug-likeness (QED) is 0.185. The van der Waals surface area contributed by atoms with Crippen LogP contribution in [0.4, 0.5) is 0 Å². The van der Waals surface area contributed by atoms with Crippen LogP contribution in [0.1, 0.15) is 22.5 Å². The van der Waals surface area contributed by atoms with E-state index in [4.69, 9.17) is 13.9 Å². The number of aromatic nitrogens is 3. The van der Waals surface area contributed by atoms with E-state index in [2.05, 4.69) is 10.3 Å². The van der Waals surface area contributed by atoms with Crippen molar-refractivity contribution in [2.75, 3.05) is 6.61 Å². The summed E-state index contributed by atoms with van der Waals surface area (Å²) >= 11 is 0. The van der Waals surface area contributed by atoms with Gasteiger partial charge in [-0.25, -0.2) is 4.79 Å². The zero-order valence-electron chi connectivity index (χ0n) is 18.2. The number of ether oxygens (including phenoxy) is 2. The highest BCUT2D eigenvalue weighted by Crippen LogP contribution is 2.27. The predicted molar refractivity (Wildman–Crippen MR) is 126 cm³/mol. The molecule has 0 fully saturated rings. The highest BCUT2D eigenvalue weighted by atomic mass is 16.5. The first-order valence-corrected chi connectivity index (χ1v) is 10.8. The van der Waals surface area contributed by atoms with Crippen LogP contribution in [0, 0.1) is 0 Å². The summed E-state index contributed by atoms with van der Waals surface area (Å²) < 4.78 is 18.5. The van der Waals surface area contributed by atoms with Crippen molar-refractivity contribution in [2.24, 2.45) is 0 Å². The third-order valence-corrected chi connectivity index (χ3v) is 5.41. The average molecular weight is 455 g/mol. The van der Waals surface area contributed by atoms with Crippen LogP contribution >= 0.6 is 0 Å². The lowest BCUT2D eigenvalue weighted by atomic mass is 10.0. The largest absolute Gasteiger partial charge is 0.493 e. The third kappa shape index (κ3) is 4.66.